The summed E-state index contributed by atoms with van der Waals surface area (Å²) in [4.78, 5) is 12.4. The number of hydrogen-bond donors (Lipinski definition) is 2. The third-order valence-corrected chi connectivity index (χ3v) is 2.19. The van der Waals surface area contributed by atoms with Gasteiger partial charge in [-0.2, -0.15) is 0 Å². The van der Waals surface area contributed by atoms with Crippen molar-refractivity contribution in [3.63, 3.8) is 0 Å². The molecule has 1 heterocycles. The third kappa shape index (κ3) is 2.88. The van der Waals surface area contributed by atoms with Gasteiger partial charge in [0.2, 0.25) is 5.91 Å². The normalized spacial score (nSPS) is 26.9. The molecule has 0 aromatic heterocycles. The Kier molecular flexibility index (Phi) is 3.77. The zero-order valence-electron chi connectivity index (χ0n) is 7.91. The molecular formula is C8H14F2N2O2. The Labute approximate surface area is 80.9 Å². The van der Waals surface area contributed by atoms with Gasteiger partial charge in [0, 0.05) is 13.6 Å². The van der Waals surface area contributed by atoms with Crippen LogP contribution in [-0.2, 0) is 4.79 Å². The van der Waals surface area contributed by atoms with Crippen molar-refractivity contribution in [1.82, 2.24) is 10.2 Å². The van der Waals surface area contributed by atoms with E-state index in [2.05, 4.69) is 5.32 Å². The Morgan fingerprint density at radius 2 is 2.36 bits per heavy atom. The third-order valence-electron chi connectivity index (χ3n) is 2.19. The van der Waals surface area contributed by atoms with Crippen LogP contribution < -0.4 is 5.32 Å². The van der Waals surface area contributed by atoms with Crippen molar-refractivity contribution in [2.24, 2.45) is 0 Å². The second-order valence-corrected chi connectivity index (χ2v) is 3.46. The Bertz CT molecular complexity index is 214. The Morgan fingerprint density at radius 1 is 1.71 bits per heavy atom. The predicted octanol–water partition coefficient (Wildman–Crippen LogP) is -0.567. The van der Waals surface area contributed by atoms with Crippen molar-refractivity contribution in [2.45, 2.75) is 25.0 Å². The number of β-amino-alcohol motifs (C(OH)–C–C–N with tert-alkyl or cyclic N) is 1. The maximum atomic E-state index is 11.9. The van der Waals surface area contributed by atoms with Crippen LogP contribution in [0.2, 0.25) is 0 Å². The fraction of sp³-hybridized carbons (Fsp3) is 0.875. The molecule has 0 radical (unpaired) electrons. The van der Waals surface area contributed by atoms with E-state index in [1.54, 1.807) is 0 Å². The summed E-state index contributed by atoms with van der Waals surface area (Å²) in [5, 5.41) is 11.9. The van der Waals surface area contributed by atoms with E-state index < -0.39 is 25.1 Å². The van der Waals surface area contributed by atoms with Gasteiger partial charge < -0.3 is 15.3 Å². The van der Waals surface area contributed by atoms with Crippen LogP contribution in [0.5, 0.6) is 0 Å². The zero-order chi connectivity index (χ0) is 10.7. The number of alkyl halides is 2. The van der Waals surface area contributed by atoms with E-state index in [-0.39, 0.29) is 5.91 Å². The average molecular weight is 208 g/mol. The lowest BCUT2D eigenvalue weighted by atomic mass is 10.2. The molecule has 2 atom stereocenters. The standard InChI is InChI=1S/C8H14F2N2O2/c1-12(4-7(9)10)8(14)6-2-5(13)3-11-6/h5-7,11,13H,2-4H2,1H3/t5-,6-/m1/s1. The van der Waals surface area contributed by atoms with Gasteiger partial charge >= 0.3 is 0 Å². The summed E-state index contributed by atoms with van der Waals surface area (Å²) in [5.74, 6) is -0.387. The van der Waals surface area contributed by atoms with Gasteiger partial charge in [-0.1, -0.05) is 0 Å². The highest BCUT2D eigenvalue weighted by Gasteiger charge is 2.30. The van der Waals surface area contributed by atoms with Crippen LogP contribution in [0.25, 0.3) is 0 Å². The van der Waals surface area contributed by atoms with E-state index in [9.17, 15) is 13.6 Å². The van der Waals surface area contributed by atoms with Crippen molar-refractivity contribution in [1.29, 1.82) is 0 Å². The highest BCUT2D eigenvalue weighted by atomic mass is 19.3. The number of halogens is 2. The fourth-order valence-electron chi connectivity index (χ4n) is 1.47. The molecule has 1 aliphatic heterocycles. The number of aliphatic hydroxyl groups excluding tert-OH is 1. The van der Waals surface area contributed by atoms with Gasteiger partial charge in [0.15, 0.2) is 0 Å². The first-order valence-corrected chi connectivity index (χ1v) is 4.45. The topological polar surface area (TPSA) is 52.6 Å². The fourth-order valence-corrected chi connectivity index (χ4v) is 1.47. The van der Waals surface area contributed by atoms with Gasteiger partial charge in [-0.15, -0.1) is 0 Å². The maximum Gasteiger partial charge on any atom is 0.255 e. The summed E-state index contributed by atoms with van der Waals surface area (Å²) >= 11 is 0. The van der Waals surface area contributed by atoms with Crippen LogP contribution in [0.3, 0.4) is 0 Å². The van der Waals surface area contributed by atoms with Crippen LogP contribution in [0.4, 0.5) is 8.78 Å². The number of carbonyl (C=O) groups excluding carboxylic acids is 1. The minimum Gasteiger partial charge on any atom is -0.392 e. The number of rotatable bonds is 3. The molecular weight excluding hydrogens is 194 g/mol. The molecule has 0 saturated carbocycles. The summed E-state index contributed by atoms with van der Waals surface area (Å²) in [6, 6.07) is -0.520. The van der Waals surface area contributed by atoms with Crippen molar-refractivity contribution in [3.8, 4) is 0 Å². The smallest absolute Gasteiger partial charge is 0.255 e. The van der Waals surface area contributed by atoms with Crippen LogP contribution in [0, 0.1) is 0 Å². The van der Waals surface area contributed by atoms with E-state index in [1.807, 2.05) is 0 Å². The summed E-state index contributed by atoms with van der Waals surface area (Å²) in [6.45, 7) is -0.216. The Morgan fingerprint density at radius 3 is 2.79 bits per heavy atom. The first-order valence-electron chi connectivity index (χ1n) is 4.45. The van der Waals surface area contributed by atoms with Gasteiger partial charge in [0.05, 0.1) is 18.7 Å². The van der Waals surface area contributed by atoms with Crippen LogP contribution in [-0.4, -0.2) is 54.6 Å². The summed E-state index contributed by atoms with van der Waals surface area (Å²) in [6.07, 6.45) is -2.77. The first-order chi connectivity index (χ1) is 6.50. The number of hydrogen-bond acceptors (Lipinski definition) is 3. The molecule has 0 unspecified atom stereocenters. The molecule has 14 heavy (non-hydrogen) atoms. The van der Waals surface area contributed by atoms with Gasteiger partial charge in [0.25, 0.3) is 6.43 Å². The molecule has 2 N–H and O–H groups in total. The molecule has 0 spiro atoms. The molecule has 1 amide bonds. The van der Waals surface area contributed by atoms with Gasteiger partial charge in [-0.3, -0.25) is 4.79 Å². The highest BCUT2D eigenvalue weighted by Crippen LogP contribution is 2.09. The van der Waals surface area contributed by atoms with Crippen molar-refractivity contribution >= 4 is 5.91 Å². The van der Waals surface area contributed by atoms with Crippen molar-refractivity contribution in [2.75, 3.05) is 20.1 Å². The van der Waals surface area contributed by atoms with Crippen molar-refractivity contribution < 1.29 is 18.7 Å². The lowest BCUT2D eigenvalue weighted by Crippen LogP contribution is -2.43. The lowest BCUT2D eigenvalue weighted by molar-refractivity contribution is -0.133. The van der Waals surface area contributed by atoms with E-state index >= 15 is 0 Å². The lowest BCUT2D eigenvalue weighted by Gasteiger charge is -2.20. The first kappa shape index (κ1) is 11.3. The molecule has 1 fully saturated rings. The molecule has 6 heteroatoms. The molecule has 0 aromatic carbocycles. The van der Waals surface area contributed by atoms with Crippen LogP contribution in [0.1, 0.15) is 6.42 Å². The van der Waals surface area contributed by atoms with Crippen molar-refractivity contribution in [3.05, 3.63) is 0 Å². The van der Waals surface area contributed by atoms with Gasteiger partial charge in [0.1, 0.15) is 0 Å². The summed E-state index contributed by atoms with van der Waals surface area (Å²) in [5.41, 5.74) is 0. The van der Waals surface area contributed by atoms with E-state index in [1.165, 1.54) is 7.05 Å². The molecule has 4 nitrogen and oxygen atoms in total. The minimum absolute atomic E-state index is 0.298. The average Bonchev–Trinajstić information content (AvgIpc) is 2.49. The van der Waals surface area contributed by atoms with Crippen LogP contribution in [0.15, 0.2) is 0 Å². The SMILES string of the molecule is CN(CC(F)F)C(=O)[C@H]1C[C@@H](O)CN1. The molecule has 1 aliphatic rings. The molecule has 0 aliphatic carbocycles. The predicted molar refractivity (Wildman–Crippen MR) is 46.1 cm³/mol. The van der Waals surface area contributed by atoms with E-state index in [0.29, 0.717) is 13.0 Å². The maximum absolute atomic E-state index is 11.9. The second kappa shape index (κ2) is 4.65. The monoisotopic (exact) mass is 208 g/mol. The number of likely N-dealkylation sites (N-methyl/N-ethyl adjacent to an activating group) is 1. The minimum atomic E-state index is -2.52. The number of nitrogens with one attached hydrogen (secondary N) is 1. The molecule has 0 bridgehead atoms. The second-order valence-electron chi connectivity index (χ2n) is 3.46. The number of carbonyl (C=O) groups is 1. The van der Waals surface area contributed by atoms with E-state index in [0.717, 1.165) is 4.90 Å². The van der Waals surface area contributed by atoms with E-state index in [4.69, 9.17) is 5.11 Å². The largest absolute Gasteiger partial charge is 0.392 e. The molecule has 1 saturated heterocycles. The Hall–Kier alpha value is -0.750. The highest BCUT2D eigenvalue weighted by molar-refractivity contribution is 5.82. The van der Waals surface area contributed by atoms with Gasteiger partial charge in [-0.25, -0.2) is 8.78 Å². The Balaban J connectivity index is 2.40. The molecule has 1 rings (SSSR count). The summed E-state index contributed by atoms with van der Waals surface area (Å²) in [7, 11) is 1.33. The molecule has 82 valence electrons. The van der Waals surface area contributed by atoms with Crippen LogP contribution >= 0.6 is 0 Å². The summed E-state index contributed by atoms with van der Waals surface area (Å²) < 4.78 is 23.9. The zero-order valence-corrected chi connectivity index (χ0v) is 7.91. The number of amides is 1. The quantitative estimate of drug-likeness (QED) is 0.653. The van der Waals surface area contributed by atoms with Gasteiger partial charge in [-0.05, 0) is 6.42 Å². The molecule has 0 aromatic rings. The number of aliphatic hydroxyl groups is 1. The number of nitrogens with zero attached hydrogens (tertiary/aromatic N) is 1.